The molecule has 0 fully saturated rings. The van der Waals surface area contributed by atoms with E-state index in [0.717, 1.165) is 23.7 Å². The average Bonchev–Trinajstić information content (AvgIpc) is 2.96. The van der Waals surface area contributed by atoms with Crippen molar-refractivity contribution in [1.82, 2.24) is 20.5 Å². The predicted molar refractivity (Wildman–Crippen MR) is 63.1 cm³/mol. The van der Waals surface area contributed by atoms with Crippen LogP contribution in [-0.2, 0) is 13.0 Å². The molecule has 7 heteroatoms. The molecule has 0 spiro atoms. The van der Waals surface area contributed by atoms with E-state index in [1.54, 1.807) is 11.4 Å². The number of carboxylic acid groups (broad SMARTS) is 1. The van der Waals surface area contributed by atoms with Crippen LogP contribution < -0.4 is 5.32 Å². The molecule has 90 valence electrons. The Kier molecular flexibility index (Phi) is 3.84. The van der Waals surface area contributed by atoms with Crippen molar-refractivity contribution in [2.75, 3.05) is 6.54 Å². The van der Waals surface area contributed by atoms with Gasteiger partial charge in [0.1, 0.15) is 12.2 Å². The molecule has 2 heterocycles. The highest BCUT2D eigenvalue weighted by molar-refractivity contribution is 7.10. The molecular formula is C10H12N4O2S. The molecule has 0 aliphatic carbocycles. The Morgan fingerprint density at radius 1 is 1.59 bits per heavy atom. The first-order valence-electron chi connectivity index (χ1n) is 5.11. The maximum Gasteiger partial charge on any atom is 0.336 e. The molecular weight excluding hydrogens is 240 g/mol. The van der Waals surface area contributed by atoms with Crippen LogP contribution in [0.25, 0.3) is 0 Å². The van der Waals surface area contributed by atoms with E-state index in [2.05, 4.69) is 20.5 Å². The number of hydrogen-bond donors (Lipinski definition) is 3. The molecule has 0 atom stereocenters. The Hall–Kier alpha value is -1.73. The van der Waals surface area contributed by atoms with Gasteiger partial charge in [0.25, 0.3) is 0 Å². The molecule has 0 amide bonds. The van der Waals surface area contributed by atoms with Gasteiger partial charge in [-0.1, -0.05) is 0 Å². The zero-order chi connectivity index (χ0) is 12.1. The van der Waals surface area contributed by atoms with E-state index in [1.807, 2.05) is 0 Å². The fourth-order valence-electron chi connectivity index (χ4n) is 1.36. The highest BCUT2D eigenvalue weighted by atomic mass is 32.1. The first kappa shape index (κ1) is 11.7. The molecule has 17 heavy (non-hydrogen) atoms. The summed E-state index contributed by atoms with van der Waals surface area (Å²) in [5.74, 6) is -0.0379. The molecule has 0 aliphatic heterocycles. The zero-order valence-corrected chi connectivity index (χ0v) is 9.83. The highest BCUT2D eigenvalue weighted by Crippen LogP contribution is 2.14. The van der Waals surface area contributed by atoms with Gasteiger partial charge in [-0.05, 0) is 6.07 Å². The normalized spacial score (nSPS) is 10.6. The SMILES string of the molecule is O=C(O)c1csc(CNCCc2ncn[nH]2)c1. The van der Waals surface area contributed by atoms with E-state index >= 15 is 0 Å². The molecule has 6 nitrogen and oxygen atoms in total. The van der Waals surface area contributed by atoms with Gasteiger partial charge in [-0.25, -0.2) is 9.78 Å². The molecule has 0 saturated heterocycles. The maximum atomic E-state index is 10.7. The molecule has 2 rings (SSSR count). The molecule has 0 unspecified atom stereocenters. The number of nitrogens with zero attached hydrogens (tertiary/aromatic N) is 2. The van der Waals surface area contributed by atoms with Crippen molar-refractivity contribution in [2.24, 2.45) is 0 Å². The molecule has 0 aromatic carbocycles. The van der Waals surface area contributed by atoms with Crippen LogP contribution in [0.2, 0.25) is 0 Å². The van der Waals surface area contributed by atoms with Crippen molar-refractivity contribution in [3.8, 4) is 0 Å². The molecule has 0 saturated carbocycles. The Morgan fingerprint density at radius 3 is 3.12 bits per heavy atom. The summed E-state index contributed by atoms with van der Waals surface area (Å²) in [6.45, 7) is 1.45. The second-order valence-corrected chi connectivity index (χ2v) is 4.46. The van der Waals surface area contributed by atoms with Crippen molar-refractivity contribution >= 4 is 17.3 Å². The number of H-pyrrole nitrogens is 1. The Bertz CT molecular complexity index is 480. The molecule has 0 radical (unpaired) electrons. The first-order chi connectivity index (χ1) is 8.25. The van der Waals surface area contributed by atoms with Crippen molar-refractivity contribution in [2.45, 2.75) is 13.0 Å². The number of aromatic carboxylic acids is 1. The fraction of sp³-hybridized carbons (Fsp3) is 0.300. The number of rotatable bonds is 6. The lowest BCUT2D eigenvalue weighted by Gasteiger charge is -2.00. The van der Waals surface area contributed by atoms with E-state index in [4.69, 9.17) is 5.11 Å². The monoisotopic (exact) mass is 252 g/mol. The predicted octanol–water partition coefficient (Wildman–Crippen LogP) is 0.897. The van der Waals surface area contributed by atoms with Gasteiger partial charge >= 0.3 is 5.97 Å². The van der Waals surface area contributed by atoms with Gasteiger partial charge in [0.15, 0.2) is 0 Å². The van der Waals surface area contributed by atoms with Crippen molar-refractivity contribution in [3.05, 3.63) is 34.0 Å². The van der Waals surface area contributed by atoms with Crippen molar-refractivity contribution in [3.63, 3.8) is 0 Å². The summed E-state index contributed by atoms with van der Waals surface area (Å²) in [5.41, 5.74) is 0.349. The lowest BCUT2D eigenvalue weighted by atomic mass is 10.3. The zero-order valence-electron chi connectivity index (χ0n) is 9.01. The van der Waals surface area contributed by atoms with E-state index in [1.165, 1.54) is 17.7 Å². The van der Waals surface area contributed by atoms with E-state index in [-0.39, 0.29) is 0 Å². The number of aromatic nitrogens is 3. The third kappa shape index (κ3) is 3.36. The van der Waals surface area contributed by atoms with Gasteiger partial charge in [0, 0.05) is 29.8 Å². The highest BCUT2D eigenvalue weighted by Gasteiger charge is 2.05. The topological polar surface area (TPSA) is 90.9 Å². The number of thiophene rings is 1. The van der Waals surface area contributed by atoms with Gasteiger partial charge in [-0.3, -0.25) is 5.10 Å². The van der Waals surface area contributed by atoms with E-state index in [9.17, 15) is 4.79 Å². The summed E-state index contributed by atoms with van der Waals surface area (Å²) in [4.78, 5) is 15.7. The third-order valence-corrected chi connectivity index (χ3v) is 3.14. The lowest BCUT2D eigenvalue weighted by Crippen LogP contribution is -2.16. The number of aromatic amines is 1. The Morgan fingerprint density at radius 2 is 2.47 bits per heavy atom. The van der Waals surface area contributed by atoms with E-state index < -0.39 is 5.97 Å². The summed E-state index contributed by atoms with van der Waals surface area (Å²) >= 11 is 1.45. The summed E-state index contributed by atoms with van der Waals surface area (Å²) in [6.07, 6.45) is 2.25. The third-order valence-electron chi connectivity index (χ3n) is 2.20. The summed E-state index contributed by atoms with van der Waals surface area (Å²) in [6, 6.07) is 1.69. The molecule has 0 aliphatic rings. The second kappa shape index (κ2) is 5.55. The average molecular weight is 252 g/mol. The quantitative estimate of drug-likeness (QED) is 0.664. The molecule has 0 bridgehead atoms. The number of nitrogens with one attached hydrogen (secondary N) is 2. The number of hydrogen-bond acceptors (Lipinski definition) is 5. The van der Waals surface area contributed by atoms with Crippen LogP contribution >= 0.6 is 11.3 Å². The van der Waals surface area contributed by atoms with Crippen molar-refractivity contribution < 1.29 is 9.90 Å². The second-order valence-electron chi connectivity index (χ2n) is 3.47. The van der Waals surface area contributed by atoms with Gasteiger partial charge in [-0.2, -0.15) is 5.10 Å². The van der Waals surface area contributed by atoms with Crippen LogP contribution in [0.1, 0.15) is 21.1 Å². The minimum atomic E-state index is -0.880. The number of carboxylic acids is 1. The summed E-state index contributed by atoms with van der Waals surface area (Å²) in [7, 11) is 0. The summed E-state index contributed by atoms with van der Waals surface area (Å²) < 4.78 is 0. The Labute approximate surface area is 102 Å². The van der Waals surface area contributed by atoms with Gasteiger partial charge in [-0.15, -0.1) is 11.3 Å². The van der Waals surface area contributed by atoms with Crippen LogP contribution in [-0.4, -0.2) is 32.8 Å². The molecule has 2 aromatic rings. The van der Waals surface area contributed by atoms with Crippen LogP contribution in [0.4, 0.5) is 0 Å². The largest absolute Gasteiger partial charge is 0.478 e. The van der Waals surface area contributed by atoms with Crippen LogP contribution in [0, 0.1) is 0 Å². The van der Waals surface area contributed by atoms with Gasteiger partial charge < -0.3 is 10.4 Å². The van der Waals surface area contributed by atoms with Gasteiger partial charge in [0.05, 0.1) is 5.56 Å². The molecule has 2 aromatic heterocycles. The fourth-order valence-corrected chi connectivity index (χ4v) is 2.18. The molecule has 3 N–H and O–H groups in total. The maximum absolute atomic E-state index is 10.7. The standard InChI is InChI=1S/C10H12N4O2S/c15-10(16)7-3-8(17-5-7)4-11-2-1-9-12-6-13-14-9/h3,5-6,11H,1-2,4H2,(H,15,16)(H,12,13,14). The summed E-state index contributed by atoms with van der Waals surface area (Å²) in [5, 5.41) is 20.2. The first-order valence-corrected chi connectivity index (χ1v) is 5.99. The van der Waals surface area contributed by atoms with Crippen LogP contribution in [0.15, 0.2) is 17.8 Å². The minimum Gasteiger partial charge on any atom is -0.478 e. The van der Waals surface area contributed by atoms with Crippen LogP contribution in [0.5, 0.6) is 0 Å². The number of carbonyl (C=O) groups is 1. The minimum absolute atomic E-state index is 0.349. The smallest absolute Gasteiger partial charge is 0.336 e. The lowest BCUT2D eigenvalue weighted by molar-refractivity contribution is 0.0697. The Balaban J connectivity index is 1.72. The van der Waals surface area contributed by atoms with Crippen LogP contribution in [0.3, 0.4) is 0 Å². The van der Waals surface area contributed by atoms with Gasteiger partial charge in [0.2, 0.25) is 0 Å². The van der Waals surface area contributed by atoms with Crippen molar-refractivity contribution in [1.29, 1.82) is 0 Å². The van der Waals surface area contributed by atoms with E-state index in [0.29, 0.717) is 12.1 Å².